The molecule has 0 radical (unpaired) electrons. The first kappa shape index (κ1) is 18.0. The molecular formula is C22H19N3O2. The zero-order valence-electron chi connectivity index (χ0n) is 14.7. The lowest BCUT2D eigenvalue weighted by atomic mass is 10.2. The summed E-state index contributed by atoms with van der Waals surface area (Å²) in [6.45, 7) is 0.658. The first-order valence-corrected chi connectivity index (χ1v) is 8.53. The fourth-order valence-corrected chi connectivity index (χ4v) is 2.43. The average molecular weight is 357 g/mol. The van der Waals surface area contributed by atoms with Crippen LogP contribution in [0.15, 0.2) is 78.9 Å². The van der Waals surface area contributed by atoms with E-state index in [2.05, 4.69) is 10.6 Å². The van der Waals surface area contributed by atoms with Gasteiger partial charge in [0.2, 0.25) is 5.91 Å². The van der Waals surface area contributed by atoms with Gasteiger partial charge in [-0.3, -0.25) is 4.79 Å². The number of benzene rings is 3. The number of hydrogen-bond acceptors (Lipinski definition) is 4. The van der Waals surface area contributed by atoms with Gasteiger partial charge in [-0.2, -0.15) is 5.26 Å². The fourth-order valence-electron chi connectivity index (χ4n) is 2.43. The Labute approximate surface area is 158 Å². The van der Waals surface area contributed by atoms with E-state index < -0.39 is 0 Å². The number of hydrogen-bond donors (Lipinski definition) is 2. The predicted octanol–water partition coefficient (Wildman–Crippen LogP) is 4.19. The van der Waals surface area contributed by atoms with E-state index in [0.717, 1.165) is 17.0 Å². The number of ether oxygens (including phenoxy) is 1. The van der Waals surface area contributed by atoms with Crippen molar-refractivity contribution in [1.29, 1.82) is 5.26 Å². The Morgan fingerprint density at radius 1 is 0.889 bits per heavy atom. The third-order valence-electron chi connectivity index (χ3n) is 3.85. The molecule has 0 spiro atoms. The number of nitriles is 1. The van der Waals surface area contributed by atoms with Gasteiger partial charge in [0.15, 0.2) is 0 Å². The molecule has 5 heteroatoms. The largest absolute Gasteiger partial charge is 0.489 e. The van der Waals surface area contributed by atoms with Crippen LogP contribution in [0.5, 0.6) is 5.75 Å². The van der Waals surface area contributed by atoms with Gasteiger partial charge >= 0.3 is 0 Å². The number of carbonyl (C=O) groups is 1. The Hall–Kier alpha value is -3.78. The van der Waals surface area contributed by atoms with E-state index in [9.17, 15) is 4.79 Å². The minimum Gasteiger partial charge on any atom is -0.489 e. The molecule has 3 aromatic carbocycles. The molecule has 0 saturated carbocycles. The highest BCUT2D eigenvalue weighted by Gasteiger charge is 2.03. The summed E-state index contributed by atoms with van der Waals surface area (Å²) >= 11 is 0. The highest BCUT2D eigenvalue weighted by Crippen LogP contribution is 2.17. The number of nitrogens with one attached hydrogen (secondary N) is 2. The molecule has 0 bridgehead atoms. The number of nitrogens with zero attached hydrogens (tertiary/aromatic N) is 1. The summed E-state index contributed by atoms with van der Waals surface area (Å²) in [7, 11) is 0. The quantitative estimate of drug-likeness (QED) is 0.665. The summed E-state index contributed by atoms with van der Waals surface area (Å²) in [6, 6.07) is 26.2. The lowest BCUT2D eigenvalue weighted by Crippen LogP contribution is -2.21. The van der Waals surface area contributed by atoms with Crippen LogP contribution >= 0.6 is 0 Å². The molecule has 0 unspecified atom stereocenters. The van der Waals surface area contributed by atoms with Crippen molar-refractivity contribution in [3.05, 3.63) is 90.0 Å². The second-order valence-electron chi connectivity index (χ2n) is 5.89. The molecule has 0 aliphatic rings. The van der Waals surface area contributed by atoms with E-state index in [0.29, 0.717) is 17.9 Å². The topological polar surface area (TPSA) is 74.2 Å². The Kier molecular flexibility index (Phi) is 6.05. The molecule has 0 aromatic heterocycles. The van der Waals surface area contributed by atoms with Gasteiger partial charge in [0.05, 0.1) is 18.2 Å². The lowest BCUT2D eigenvalue weighted by molar-refractivity contribution is -0.114. The van der Waals surface area contributed by atoms with E-state index in [4.69, 9.17) is 10.00 Å². The van der Waals surface area contributed by atoms with Gasteiger partial charge in [-0.05, 0) is 54.1 Å². The number of amides is 1. The van der Waals surface area contributed by atoms with Gasteiger partial charge in [0.1, 0.15) is 12.4 Å². The molecule has 2 N–H and O–H groups in total. The molecule has 0 heterocycles. The molecule has 0 fully saturated rings. The summed E-state index contributed by atoms with van der Waals surface area (Å²) in [5.74, 6) is 0.607. The summed E-state index contributed by atoms with van der Waals surface area (Å²) in [5, 5.41) is 14.6. The minimum atomic E-state index is -0.163. The molecule has 3 aromatic rings. The van der Waals surface area contributed by atoms with E-state index in [-0.39, 0.29) is 12.5 Å². The van der Waals surface area contributed by atoms with Crippen LogP contribution in [-0.2, 0) is 11.4 Å². The van der Waals surface area contributed by atoms with Crippen LogP contribution in [0, 0.1) is 11.3 Å². The van der Waals surface area contributed by atoms with Gasteiger partial charge in [0.25, 0.3) is 0 Å². The minimum absolute atomic E-state index is 0.143. The van der Waals surface area contributed by atoms with E-state index >= 15 is 0 Å². The van der Waals surface area contributed by atoms with Crippen molar-refractivity contribution < 1.29 is 9.53 Å². The van der Waals surface area contributed by atoms with Crippen LogP contribution < -0.4 is 15.4 Å². The lowest BCUT2D eigenvalue weighted by Gasteiger charge is -2.10. The van der Waals surface area contributed by atoms with Gasteiger partial charge in [0, 0.05) is 11.4 Å². The molecule has 0 aliphatic carbocycles. The summed E-state index contributed by atoms with van der Waals surface area (Å²) in [5.41, 5.74) is 3.15. The fraction of sp³-hybridized carbons (Fsp3) is 0.0909. The third-order valence-corrected chi connectivity index (χ3v) is 3.85. The number of carbonyl (C=O) groups excluding carboxylic acids is 1. The van der Waals surface area contributed by atoms with Crippen LogP contribution in [0.4, 0.5) is 11.4 Å². The van der Waals surface area contributed by atoms with Crippen LogP contribution in [0.1, 0.15) is 11.1 Å². The molecule has 1 amide bonds. The summed E-state index contributed by atoms with van der Waals surface area (Å²) in [6.07, 6.45) is 0. The summed E-state index contributed by atoms with van der Waals surface area (Å²) in [4.78, 5) is 12.0. The number of rotatable bonds is 7. The maximum absolute atomic E-state index is 12.0. The molecule has 5 nitrogen and oxygen atoms in total. The van der Waals surface area contributed by atoms with Crippen molar-refractivity contribution in [2.45, 2.75) is 6.61 Å². The van der Waals surface area contributed by atoms with Gasteiger partial charge in [-0.1, -0.05) is 30.3 Å². The maximum atomic E-state index is 12.0. The van der Waals surface area contributed by atoms with E-state index in [1.807, 2.05) is 60.7 Å². The van der Waals surface area contributed by atoms with Crippen LogP contribution in [-0.4, -0.2) is 12.5 Å². The SMILES string of the molecule is N#Cc1ccc(NC(=O)CNc2ccc(OCc3ccccc3)cc2)cc1. The zero-order valence-corrected chi connectivity index (χ0v) is 14.7. The van der Waals surface area contributed by atoms with Gasteiger partial charge < -0.3 is 15.4 Å². The van der Waals surface area contributed by atoms with E-state index in [1.54, 1.807) is 24.3 Å². The zero-order chi connectivity index (χ0) is 18.9. The molecule has 0 saturated heterocycles. The monoisotopic (exact) mass is 357 g/mol. The first-order chi connectivity index (χ1) is 13.2. The van der Waals surface area contributed by atoms with Crippen molar-refractivity contribution in [2.75, 3.05) is 17.2 Å². The Balaban J connectivity index is 1.45. The van der Waals surface area contributed by atoms with Crippen LogP contribution in [0.2, 0.25) is 0 Å². The first-order valence-electron chi connectivity index (χ1n) is 8.53. The predicted molar refractivity (Wildman–Crippen MR) is 105 cm³/mol. The van der Waals surface area contributed by atoms with Crippen LogP contribution in [0.25, 0.3) is 0 Å². The van der Waals surface area contributed by atoms with E-state index in [1.165, 1.54) is 0 Å². The molecule has 3 rings (SSSR count). The molecule has 27 heavy (non-hydrogen) atoms. The molecule has 134 valence electrons. The highest BCUT2D eigenvalue weighted by molar-refractivity contribution is 5.93. The van der Waals surface area contributed by atoms with Crippen molar-refractivity contribution in [1.82, 2.24) is 0 Å². The number of anilines is 2. The van der Waals surface area contributed by atoms with Crippen molar-refractivity contribution in [3.63, 3.8) is 0 Å². The van der Waals surface area contributed by atoms with Crippen molar-refractivity contribution in [2.24, 2.45) is 0 Å². The third kappa shape index (κ3) is 5.62. The highest BCUT2D eigenvalue weighted by atomic mass is 16.5. The average Bonchev–Trinajstić information content (AvgIpc) is 2.73. The second-order valence-corrected chi connectivity index (χ2v) is 5.89. The van der Waals surface area contributed by atoms with Crippen LogP contribution in [0.3, 0.4) is 0 Å². The normalized spacial score (nSPS) is 9.89. The Morgan fingerprint density at radius 2 is 1.56 bits per heavy atom. The molecule has 0 atom stereocenters. The standard InChI is InChI=1S/C22H19N3O2/c23-14-17-6-8-20(9-7-17)25-22(26)15-24-19-10-12-21(13-11-19)27-16-18-4-2-1-3-5-18/h1-13,24H,15-16H2,(H,25,26). The Morgan fingerprint density at radius 3 is 2.22 bits per heavy atom. The van der Waals surface area contributed by atoms with Crippen molar-refractivity contribution >= 4 is 17.3 Å². The van der Waals surface area contributed by atoms with Gasteiger partial charge in [-0.25, -0.2) is 0 Å². The van der Waals surface area contributed by atoms with Gasteiger partial charge in [-0.15, -0.1) is 0 Å². The molecule has 0 aliphatic heterocycles. The Bertz CT molecular complexity index is 915. The molecular weight excluding hydrogens is 338 g/mol. The summed E-state index contributed by atoms with van der Waals surface area (Å²) < 4.78 is 5.74. The maximum Gasteiger partial charge on any atom is 0.243 e. The second kappa shape index (κ2) is 9.07. The van der Waals surface area contributed by atoms with Crippen molar-refractivity contribution in [3.8, 4) is 11.8 Å². The smallest absolute Gasteiger partial charge is 0.243 e.